The Balaban J connectivity index is 1.86. The van der Waals surface area contributed by atoms with Crippen LogP contribution in [0.4, 0.5) is 11.4 Å². The first kappa shape index (κ1) is 22.8. The number of rotatable bonds is 8. The van der Waals surface area contributed by atoms with Gasteiger partial charge in [0.25, 0.3) is 5.69 Å². The van der Waals surface area contributed by atoms with E-state index in [1.54, 1.807) is 59.6 Å². The van der Waals surface area contributed by atoms with Crippen molar-refractivity contribution in [1.29, 1.82) is 0 Å². The zero-order chi connectivity index (χ0) is 24.1. The second kappa shape index (κ2) is 10.0. The predicted octanol–water partition coefficient (Wildman–Crippen LogP) is 4.86. The first-order chi connectivity index (χ1) is 16.5. The molecule has 2 aromatic heterocycles. The van der Waals surface area contributed by atoms with E-state index < -0.39 is 4.92 Å². The van der Waals surface area contributed by atoms with Crippen molar-refractivity contribution < 1.29 is 23.6 Å². The van der Waals surface area contributed by atoms with Crippen molar-refractivity contribution in [1.82, 2.24) is 4.68 Å². The van der Waals surface area contributed by atoms with Gasteiger partial charge in [0.15, 0.2) is 17.3 Å². The fraction of sp³-hybridized carbons (Fsp3) is 0.130. The molecule has 4 rings (SSSR count). The van der Waals surface area contributed by atoms with E-state index in [4.69, 9.17) is 18.6 Å². The molecule has 0 fully saturated rings. The lowest BCUT2D eigenvalue weighted by Crippen LogP contribution is -2.11. The Hall–Kier alpha value is -4.38. The number of nitro groups is 1. The van der Waals surface area contributed by atoms with Crippen LogP contribution >= 0.6 is 11.3 Å². The van der Waals surface area contributed by atoms with Crippen LogP contribution in [0.2, 0.25) is 0 Å². The molecule has 0 saturated carbocycles. The van der Waals surface area contributed by atoms with Crippen molar-refractivity contribution in [3.8, 4) is 28.7 Å². The molecule has 0 aliphatic heterocycles. The second-order valence-corrected chi connectivity index (χ2v) is 7.59. The number of furan rings is 1. The third-order valence-corrected chi connectivity index (χ3v) is 5.58. The Bertz CT molecular complexity index is 1380. The highest BCUT2D eigenvalue weighted by Gasteiger charge is 2.15. The SMILES string of the molecule is COc1cc(C=Nn2c(-c3ccco3)csc2=Nc2ccccc2[N+](=O)[O-])cc(OC)c1OC. The molecule has 11 heteroatoms. The molecular formula is C23H20N4O6S. The van der Waals surface area contributed by atoms with Crippen LogP contribution in [0.1, 0.15) is 5.56 Å². The number of methoxy groups -OCH3 is 3. The van der Waals surface area contributed by atoms with E-state index in [1.165, 1.54) is 38.7 Å². The number of nitrogens with zero attached hydrogens (tertiary/aromatic N) is 4. The Kier molecular flexibility index (Phi) is 6.74. The lowest BCUT2D eigenvalue weighted by atomic mass is 10.2. The highest BCUT2D eigenvalue weighted by molar-refractivity contribution is 7.07. The van der Waals surface area contributed by atoms with Crippen LogP contribution in [-0.2, 0) is 0 Å². The van der Waals surface area contributed by atoms with Crippen molar-refractivity contribution in [2.75, 3.05) is 21.3 Å². The van der Waals surface area contributed by atoms with Crippen LogP contribution in [-0.4, -0.2) is 37.1 Å². The summed E-state index contributed by atoms with van der Waals surface area (Å²) in [6, 6.07) is 13.3. The minimum Gasteiger partial charge on any atom is -0.493 e. The highest BCUT2D eigenvalue weighted by Crippen LogP contribution is 2.37. The van der Waals surface area contributed by atoms with Crippen molar-refractivity contribution in [2.45, 2.75) is 0 Å². The Labute approximate surface area is 198 Å². The monoisotopic (exact) mass is 480 g/mol. The molecule has 0 aliphatic rings. The van der Waals surface area contributed by atoms with Crippen LogP contribution in [0.25, 0.3) is 11.5 Å². The van der Waals surface area contributed by atoms with Gasteiger partial charge in [0.05, 0.1) is 38.7 Å². The Morgan fingerprint density at radius 3 is 2.41 bits per heavy atom. The third-order valence-electron chi connectivity index (χ3n) is 4.76. The summed E-state index contributed by atoms with van der Waals surface area (Å²) in [6.45, 7) is 0. The quantitative estimate of drug-likeness (QED) is 0.202. The van der Waals surface area contributed by atoms with Crippen molar-refractivity contribution >= 4 is 28.9 Å². The fourth-order valence-corrected chi connectivity index (χ4v) is 4.03. The number of hydrogen-bond acceptors (Lipinski definition) is 9. The van der Waals surface area contributed by atoms with Crippen molar-refractivity contribution in [2.24, 2.45) is 10.1 Å². The molecule has 174 valence electrons. The number of thiazole rings is 1. The average molecular weight is 481 g/mol. The maximum atomic E-state index is 11.4. The summed E-state index contributed by atoms with van der Waals surface area (Å²) >= 11 is 1.28. The van der Waals surface area contributed by atoms with Gasteiger partial charge in [-0.25, -0.2) is 9.67 Å². The zero-order valence-electron chi connectivity index (χ0n) is 18.5. The average Bonchev–Trinajstić information content (AvgIpc) is 3.52. The first-order valence-corrected chi connectivity index (χ1v) is 10.8. The molecular weight excluding hydrogens is 460 g/mol. The molecule has 2 aromatic carbocycles. The lowest BCUT2D eigenvalue weighted by Gasteiger charge is -2.12. The van der Waals surface area contributed by atoms with Crippen LogP contribution in [0, 0.1) is 10.1 Å². The smallest absolute Gasteiger partial charge is 0.294 e. The molecule has 0 saturated heterocycles. The number of para-hydroxylation sites is 2. The highest BCUT2D eigenvalue weighted by atomic mass is 32.1. The molecule has 0 N–H and O–H groups in total. The minimum absolute atomic E-state index is 0.101. The third kappa shape index (κ3) is 4.55. The normalized spacial score (nSPS) is 11.7. The number of hydrogen-bond donors (Lipinski definition) is 0. The van der Waals surface area contributed by atoms with E-state index in [0.29, 0.717) is 39.1 Å². The number of benzene rings is 2. The summed E-state index contributed by atoms with van der Waals surface area (Å²) in [4.78, 5) is 15.9. The van der Waals surface area contributed by atoms with Gasteiger partial charge in [-0.1, -0.05) is 12.1 Å². The summed E-state index contributed by atoms with van der Waals surface area (Å²) in [5.74, 6) is 2.00. The predicted molar refractivity (Wildman–Crippen MR) is 127 cm³/mol. The maximum absolute atomic E-state index is 11.4. The number of aromatic nitrogens is 1. The summed E-state index contributed by atoms with van der Waals surface area (Å²) in [6.07, 6.45) is 3.15. The van der Waals surface area contributed by atoms with E-state index in [1.807, 2.05) is 5.38 Å². The van der Waals surface area contributed by atoms with Gasteiger partial charge in [-0.05, 0) is 30.3 Å². The van der Waals surface area contributed by atoms with E-state index in [2.05, 4.69) is 10.1 Å². The lowest BCUT2D eigenvalue weighted by molar-refractivity contribution is -0.384. The fourth-order valence-electron chi connectivity index (χ4n) is 3.20. The molecule has 0 atom stereocenters. The zero-order valence-corrected chi connectivity index (χ0v) is 19.3. The maximum Gasteiger partial charge on any atom is 0.294 e. The van der Waals surface area contributed by atoms with Gasteiger partial charge in [0.2, 0.25) is 10.6 Å². The number of nitro benzene ring substituents is 1. The molecule has 0 aliphatic carbocycles. The molecule has 34 heavy (non-hydrogen) atoms. The van der Waals surface area contributed by atoms with Crippen molar-refractivity contribution in [3.05, 3.63) is 80.7 Å². The largest absolute Gasteiger partial charge is 0.493 e. The van der Waals surface area contributed by atoms with Gasteiger partial charge in [-0.2, -0.15) is 5.10 Å². The van der Waals surface area contributed by atoms with Gasteiger partial charge in [-0.3, -0.25) is 10.1 Å². The van der Waals surface area contributed by atoms with E-state index in [9.17, 15) is 10.1 Å². The van der Waals surface area contributed by atoms with E-state index >= 15 is 0 Å². The summed E-state index contributed by atoms with van der Waals surface area (Å²) in [5.41, 5.74) is 1.43. The van der Waals surface area contributed by atoms with Gasteiger partial charge < -0.3 is 18.6 Å². The van der Waals surface area contributed by atoms with Gasteiger partial charge in [0, 0.05) is 17.0 Å². The molecule has 0 radical (unpaired) electrons. The first-order valence-electron chi connectivity index (χ1n) is 9.92. The van der Waals surface area contributed by atoms with Crippen molar-refractivity contribution in [3.63, 3.8) is 0 Å². The van der Waals surface area contributed by atoms with Gasteiger partial charge in [0.1, 0.15) is 11.4 Å². The standard InChI is InChI=1S/C23H20N4O6S/c1-30-20-11-15(12-21(31-2)22(20)32-3)13-24-26-18(19-9-6-10-33-19)14-34-23(26)25-16-7-4-5-8-17(16)27(28)29/h4-14H,1-3H3. The van der Waals surface area contributed by atoms with Gasteiger partial charge >= 0.3 is 0 Å². The molecule has 10 nitrogen and oxygen atoms in total. The van der Waals surface area contributed by atoms with E-state index in [-0.39, 0.29) is 11.4 Å². The van der Waals surface area contributed by atoms with Crippen LogP contribution in [0.3, 0.4) is 0 Å². The van der Waals surface area contributed by atoms with Crippen LogP contribution < -0.4 is 19.0 Å². The van der Waals surface area contributed by atoms with E-state index in [0.717, 1.165) is 0 Å². The Morgan fingerprint density at radius 1 is 1.06 bits per heavy atom. The molecule has 2 heterocycles. The van der Waals surface area contributed by atoms with Crippen LogP contribution in [0.5, 0.6) is 17.2 Å². The topological polar surface area (TPSA) is 114 Å². The molecule has 4 aromatic rings. The minimum atomic E-state index is -0.469. The van der Waals surface area contributed by atoms with Crippen LogP contribution in [0.15, 0.2) is 74.7 Å². The second-order valence-electron chi connectivity index (χ2n) is 6.75. The summed E-state index contributed by atoms with van der Waals surface area (Å²) in [7, 11) is 4.59. The molecule has 0 unspecified atom stereocenters. The summed E-state index contributed by atoms with van der Waals surface area (Å²) < 4.78 is 23.3. The molecule has 0 bridgehead atoms. The molecule has 0 amide bonds. The van der Waals surface area contributed by atoms with Gasteiger partial charge in [-0.15, -0.1) is 11.3 Å². The summed E-state index contributed by atoms with van der Waals surface area (Å²) in [5, 5.41) is 17.9. The Morgan fingerprint density at radius 2 is 1.79 bits per heavy atom. The number of ether oxygens (including phenoxy) is 3. The molecule has 0 spiro atoms.